The van der Waals surface area contributed by atoms with Crippen LogP contribution < -0.4 is 11.2 Å². The van der Waals surface area contributed by atoms with Crippen molar-refractivity contribution in [2.75, 3.05) is 19.7 Å². The van der Waals surface area contributed by atoms with Gasteiger partial charge in [0.05, 0.1) is 0 Å². The zero-order valence-corrected chi connectivity index (χ0v) is 12.3. The van der Waals surface area contributed by atoms with E-state index < -0.39 is 5.82 Å². The van der Waals surface area contributed by atoms with Crippen molar-refractivity contribution in [1.82, 2.24) is 9.88 Å². The van der Waals surface area contributed by atoms with Gasteiger partial charge in [0.15, 0.2) is 5.43 Å². The molecule has 0 saturated carbocycles. The van der Waals surface area contributed by atoms with Crippen LogP contribution in [0.3, 0.4) is 0 Å². The average Bonchev–Trinajstić information content (AvgIpc) is 2.80. The van der Waals surface area contributed by atoms with Crippen LogP contribution in [0.2, 0.25) is 0 Å². The van der Waals surface area contributed by atoms with E-state index in [2.05, 4.69) is 9.88 Å². The molecule has 0 amide bonds. The molecule has 5 nitrogen and oxygen atoms in total. The molecule has 2 heterocycles. The van der Waals surface area contributed by atoms with Gasteiger partial charge in [-0.05, 0) is 30.5 Å². The highest BCUT2D eigenvalue weighted by molar-refractivity contribution is 5.78. The molecule has 0 spiro atoms. The molecule has 0 radical (unpaired) electrons. The van der Waals surface area contributed by atoms with E-state index in [1.807, 2.05) is 0 Å². The summed E-state index contributed by atoms with van der Waals surface area (Å²) in [5.74, 6) is -0.130. The predicted molar refractivity (Wildman–Crippen MR) is 83.0 cm³/mol. The monoisotopic (exact) mass is 305 g/mol. The maximum absolute atomic E-state index is 13.2. The van der Waals surface area contributed by atoms with Gasteiger partial charge in [0.1, 0.15) is 5.82 Å². The number of halogens is 1. The molecule has 1 aromatic heterocycles. The number of aromatic amines is 1. The van der Waals surface area contributed by atoms with Gasteiger partial charge >= 0.3 is 0 Å². The first-order chi connectivity index (χ1) is 10.6. The second kappa shape index (κ2) is 6.16. The van der Waals surface area contributed by atoms with E-state index in [0.717, 1.165) is 18.8 Å². The third-order valence-electron chi connectivity index (χ3n) is 4.31. The Morgan fingerprint density at radius 1 is 1.36 bits per heavy atom. The maximum atomic E-state index is 13.2. The highest BCUT2D eigenvalue weighted by Gasteiger charge is 2.29. The highest BCUT2D eigenvalue weighted by Crippen LogP contribution is 2.20. The summed E-state index contributed by atoms with van der Waals surface area (Å²) in [4.78, 5) is 17.5. The Bertz CT molecular complexity index is 731. The molecule has 2 aromatic rings. The van der Waals surface area contributed by atoms with Crippen LogP contribution in [0.1, 0.15) is 12.1 Å². The van der Waals surface area contributed by atoms with E-state index in [0.29, 0.717) is 23.9 Å². The Labute approximate surface area is 127 Å². The van der Waals surface area contributed by atoms with Gasteiger partial charge in [-0.25, -0.2) is 4.39 Å². The van der Waals surface area contributed by atoms with Gasteiger partial charge in [-0.3, -0.25) is 9.69 Å². The molecule has 22 heavy (non-hydrogen) atoms. The van der Waals surface area contributed by atoms with Crippen molar-refractivity contribution in [3.05, 3.63) is 46.0 Å². The number of nitrogens with two attached hydrogens (primary N) is 1. The van der Waals surface area contributed by atoms with E-state index in [4.69, 9.17) is 10.8 Å². The first-order valence-corrected chi connectivity index (χ1v) is 7.47. The minimum Gasteiger partial charge on any atom is -0.396 e. The Kier molecular flexibility index (Phi) is 4.24. The first-order valence-electron chi connectivity index (χ1n) is 7.47. The number of benzene rings is 1. The molecule has 1 aliphatic heterocycles. The fourth-order valence-electron chi connectivity index (χ4n) is 3.19. The second-order valence-electron chi connectivity index (χ2n) is 5.98. The Morgan fingerprint density at radius 2 is 2.18 bits per heavy atom. The Hall–Kier alpha value is -1.76. The molecular formula is C16H20FN3O2. The smallest absolute Gasteiger partial charge is 0.189 e. The van der Waals surface area contributed by atoms with Crippen LogP contribution >= 0.6 is 0 Å². The lowest BCUT2D eigenvalue weighted by Gasteiger charge is -2.15. The van der Waals surface area contributed by atoms with Crippen molar-refractivity contribution in [3.63, 3.8) is 0 Å². The lowest BCUT2D eigenvalue weighted by molar-refractivity contribution is 0.246. The summed E-state index contributed by atoms with van der Waals surface area (Å²) in [6.45, 7) is 2.29. The fourth-order valence-corrected chi connectivity index (χ4v) is 3.19. The normalized spacial score (nSPS) is 22.5. The van der Waals surface area contributed by atoms with Crippen LogP contribution in [0.5, 0.6) is 0 Å². The highest BCUT2D eigenvalue weighted by atomic mass is 19.1. The molecule has 1 fully saturated rings. The molecule has 1 aliphatic rings. The first kappa shape index (κ1) is 15.1. The fraction of sp³-hybridized carbons (Fsp3) is 0.438. The number of aliphatic hydroxyl groups is 1. The van der Waals surface area contributed by atoms with Gasteiger partial charge in [0.25, 0.3) is 0 Å². The third kappa shape index (κ3) is 3.04. The zero-order chi connectivity index (χ0) is 15.7. The minimum atomic E-state index is -0.414. The van der Waals surface area contributed by atoms with E-state index >= 15 is 0 Å². The van der Waals surface area contributed by atoms with Crippen molar-refractivity contribution in [2.24, 2.45) is 11.7 Å². The topological polar surface area (TPSA) is 82.3 Å². The van der Waals surface area contributed by atoms with Crippen LogP contribution in [0.15, 0.2) is 29.1 Å². The molecular weight excluding hydrogens is 285 g/mol. The number of likely N-dealkylation sites (tertiary alicyclic amines) is 1. The van der Waals surface area contributed by atoms with Crippen LogP contribution in [0.4, 0.5) is 4.39 Å². The summed E-state index contributed by atoms with van der Waals surface area (Å²) >= 11 is 0. The molecule has 118 valence electrons. The summed E-state index contributed by atoms with van der Waals surface area (Å²) < 4.78 is 13.2. The number of nitrogens with zero attached hydrogens (tertiary/aromatic N) is 1. The number of hydrogen-bond donors (Lipinski definition) is 3. The molecule has 1 saturated heterocycles. The number of aromatic nitrogens is 1. The van der Waals surface area contributed by atoms with Crippen molar-refractivity contribution in [2.45, 2.75) is 19.0 Å². The molecule has 4 N–H and O–H groups in total. The summed E-state index contributed by atoms with van der Waals surface area (Å²) in [6, 6.07) is 5.74. The third-order valence-corrected chi connectivity index (χ3v) is 4.31. The van der Waals surface area contributed by atoms with Crippen molar-refractivity contribution >= 4 is 10.9 Å². The van der Waals surface area contributed by atoms with Gasteiger partial charge in [0, 0.05) is 54.9 Å². The van der Waals surface area contributed by atoms with Crippen molar-refractivity contribution < 1.29 is 9.50 Å². The molecule has 2 atom stereocenters. The van der Waals surface area contributed by atoms with Crippen LogP contribution in [-0.4, -0.2) is 40.7 Å². The number of rotatable bonds is 4. The molecule has 0 bridgehead atoms. The number of nitrogens with one attached hydrogen (secondary N) is 1. The number of aliphatic hydroxyl groups excluding tert-OH is 1. The largest absolute Gasteiger partial charge is 0.396 e. The van der Waals surface area contributed by atoms with Crippen LogP contribution in [0.25, 0.3) is 10.9 Å². The van der Waals surface area contributed by atoms with Gasteiger partial charge in [-0.1, -0.05) is 0 Å². The van der Waals surface area contributed by atoms with Gasteiger partial charge in [-0.2, -0.15) is 0 Å². The van der Waals surface area contributed by atoms with Gasteiger partial charge in [-0.15, -0.1) is 0 Å². The van der Waals surface area contributed by atoms with Gasteiger partial charge in [0.2, 0.25) is 0 Å². The summed E-state index contributed by atoms with van der Waals surface area (Å²) in [5, 5.41) is 9.41. The lowest BCUT2D eigenvalue weighted by atomic mass is 10.0. The summed E-state index contributed by atoms with van der Waals surface area (Å²) in [7, 11) is 0. The molecule has 0 unspecified atom stereocenters. The van der Waals surface area contributed by atoms with E-state index in [1.165, 1.54) is 18.2 Å². The van der Waals surface area contributed by atoms with E-state index in [-0.39, 0.29) is 24.0 Å². The van der Waals surface area contributed by atoms with Crippen molar-refractivity contribution in [1.29, 1.82) is 0 Å². The predicted octanol–water partition coefficient (Wildman–Crippen LogP) is 0.809. The quantitative estimate of drug-likeness (QED) is 0.780. The number of fused-ring (bicyclic) bond motifs is 1. The molecule has 3 rings (SSSR count). The molecule has 0 aliphatic carbocycles. The zero-order valence-electron chi connectivity index (χ0n) is 12.3. The van der Waals surface area contributed by atoms with Crippen molar-refractivity contribution in [3.8, 4) is 0 Å². The average molecular weight is 305 g/mol. The van der Waals surface area contributed by atoms with Gasteiger partial charge < -0.3 is 15.8 Å². The SMILES string of the molecule is N[C@H]1CN(Cc2cc(=O)c3cc(F)ccc3[nH]2)C[C@@H]1CCO. The maximum Gasteiger partial charge on any atom is 0.189 e. The number of hydrogen-bond acceptors (Lipinski definition) is 4. The standard InChI is InChI=1S/C16H20FN3O2/c17-11-1-2-15-13(5-11)16(22)6-12(19-15)8-20-7-10(3-4-21)14(18)9-20/h1-2,5-6,10,14,21H,3-4,7-9,18H2,(H,19,22)/t10-,14-/m0/s1. The molecule has 1 aromatic carbocycles. The minimum absolute atomic E-state index is 0.0495. The molecule has 6 heteroatoms. The Morgan fingerprint density at radius 3 is 2.95 bits per heavy atom. The summed E-state index contributed by atoms with van der Waals surface area (Å²) in [5.41, 5.74) is 7.33. The second-order valence-corrected chi connectivity index (χ2v) is 5.98. The van der Waals surface area contributed by atoms with E-state index in [1.54, 1.807) is 6.07 Å². The Balaban J connectivity index is 1.80. The van der Waals surface area contributed by atoms with Crippen LogP contribution in [-0.2, 0) is 6.54 Å². The summed E-state index contributed by atoms with van der Waals surface area (Å²) in [6.07, 6.45) is 0.700. The van der Waals surface area contributed by atoms with Crippen LogP contribution in [0, 0.1) is 11.7 Å². The number of pyridine rings is 1. The lowest BCUT2D eigenvalue weighted by Crippen LogP contribution is -2.30. The number of H-pyrrole nitrogens is 1. The van der Waals surface area contributed by atoms with E-state index in [9.17, 15) is 9.18 Å².